The summed E-state index contributed by atoms with van der Waals surface area (Å²) in [7, 11) is 0. The molecular weight excluding hydrogens is 266 g/mol. The zero-order valence-corrected chi connectivity index (χ0v) is 12.1. The number of benzene rings is 1. The van der Waals surface area contributed by atoms with Crippen molar-refractivity contribution in [3.05, 3.63) is 29.8 Å². The fraction of sp³-hybridized carbons (Fsp3) is 0.500. The van der Waals surface area contributed by atoms with Gasteiger partial charge in [0.05, 0.1) is 0 Å². The van der Waals surface area contributed by atoms with Gasteiger partial charge < -0.3 is 15.5 Å². The first-order valence-corrected chi connectivity index (χ1v) is 7.59. The smallest absolute Gasteiger partial charge is 0.253 e. The third kappa shape index (κ3) is 2.78. The van der Waals surface area contributed by atoms with Crippen LogP contribution in [0.2, 0.25) is 0 Å². The maximum Gasteiger partial charge on any atom is 0.253 e. The molecule has 1 atom stereocenters. The van der Waals surface area contributed by atoms with E-state index in [2.05, 4.69) is 0 Å². The van der Waals surface area contributed by atoms with Gasteiger partial charge in [-0.1, -0.05) is 0 Å². The number of hydrogen-bond acceptors (Lipinski definition) is 3. The van der Waals surface area contributed by atoms with Crippen LogP contribution in [0, 0.1) is 5.92 Å². The van der Waals surface area contributed by atoms with Crippen molar-refractivity contribution in [3.63, 3.8) is 0 Å². The lowest BCUT2D eigenvalue weighted by Crippen LogP contribution is -2.30. The standard InChI is InChI=1S/C16H21N3O2/c17-10-12-7-9-18(11-12)16(21)13-3-5-14(6-4-13)19-8-1-2-15(19)20/h3-6,12H,1-2,7-11,17H2/t12-/m0/s1. The van der Waals surface area contributed by atoms with E-state index >= 15 is 0 Å². The maximum absolute atomic E-state index is 12.4. The molecule has 5 nitrogen and oxygen atoms in total. The molecule has 2 aliphatic rings. The molecule has 2 fully saturated rings. The summed E-state index contributed by atoms with van der Waals surface area (Å²) in [4.78, 5) is 27.8. The van der Waals surface area contributed by atoms with Crippen molar-refractivity contribution in [2.75, 3.05) is 31.1 Å². The number of amides is 2. The zero-order valence-electron chi connectivity index (χ0n) is 12.1. The molecule has 2 amide bonds. The molecule has 1 aromatic carbocycles. The maximum atomic E-state index is 12.4. The Kier molecular flexibility index (Phi) is 3.92. The topological polar surface area (TPSA) is 66.6 Å². The summed E-state index contributed by atoms with van der Waals surface area (Å²) in [6.07, 6.45) is 2.52. The van der Waals surface area contributed by atoms with E-state index in [9.17, 15) is 9.59 Å². The minimum atomic E-state index is 0.0604. The van der Waals surface area contributed by atoms with Crippen molar-refractivity contribution < 1.29 is 9.59 Å². The lowest BCUT2D eigenvalue weighted by molar-refractivity contribution is -0.117. The molecule has 2 N–H and O–H groups in total. The van der Waals surface area contributed by atoms with E-state index in [1.54, 1.807) is 4.90 Å². The molecular formula is C16H21N3O2. The SMILES string of the molecule is NC[C@@H]1CCN(C(=O)c2ccc(N3CCCC3=O)cc2)C1. The molecule has 0 unspecified atom stereocenters. The van der Waals surface area contributed by atoms with E-state index in [1.807, 2.05) is 29.2 Å². The Bertz CT molecular complexity index is 541. The molecule has 2 saturated heterocycles. The average molecular weight is 287 g/mol. The highest BCUT2D eigenvalue weighted by Gasteiger charge is 2.26. The van der Waals surface area contributed by atoms with Crippen molar-refractivity contribution in [1.29, 1.82) is 0 Å². The van der Waals surface area contributed by atoms with Crippen LogP contribution < -0.4 is 10.6 Å². The first-order valence-electron chi connectivity index (χ1n) is 7.59. The van der Waals surface area contributed by atoms with E-state index in [-0.39, 0.29) is 11.8 Å². The highest BCUT2D eigenvalue weighted by atomic mass is 16.2. The van der Waals surface area contributed by atoms with Crippen LogP contribution in [0.15, 0.2) is 24.3 Å². The van der Waals surface area contributed by atoms with Crippen molar-refractivity contribution in [2.24, 2.45) is 11.7 Å². The molecule has 5 heteroatoms. The summed E-state index contributed by atoms with van der Waals surface area (Å²) in [5, 5.41) is 0. The molecule has 0 radical (unpaired) electrons. The number of likely N-dealkylation sites (tertiary alicyclic amines) is 1. The molecule has 112 valence electrons. The zero-order chi connectivity index (χ0) is 14.8. The van der Waals surface area contributed by atoms with Crippen LogP contribution in [0.1, 0.15) is 29.6 Å². The van der Waals surface area contributed by atoms with Crippen molar-refractivity contribution in [1.82, 2.24) is 4.90 Å². The highest BCUT2D eigenvalue weighted by molar-refractivity contribution is 5.97. The van der Waals surface area contributed by atoms with Gasteiger partial charge in [-0.2, -0.15) is 0 Å². The molecule has 1 aromatic rings. The third-order valence-corrected chi connectivity index (χ3v) is 4.41. The van der Waals surface area contributed by atoms with Crippen LogP contribution in [0.3, 0.4) is 0 Å². The van der Waals surface area contributed by atoms with Gasteiger partial charge in [-0.15, -0.1) is 0 Å². The number of carbonyl (C=O) groups is 2. The van der Waals surface area contributed by atoms with Crippen LogP contribution in [0.25, 0.3) is 0 Å². The van der Waals surface area contributed by atoms with Gasteiger partial charge in [0, 0.05) is 37.3 Å². The van der Waals surface area contributed by atoms with Gasteiger partial charge in [0.25, 0.3) is 5.91 Å². The van der Waals surface area contributed by atoms with Gasteiger partial charge in [0.1, 0.15) is 0 Å². The van der Waals surface area contributed by atoms with Crippen LogP contribution >= 0.6 is 0 Å². The van der Waals surface area contributed by atoms with Crippen LogP contribution in [-0.4, -0.2) is 42.9 Å². The fourth-order valence-electron chi connectivity index (χ4n) is 3.10. The molecule has 3 rings (SSSR count). The second-order valence-electron chi connectivity index (χ2n) is 5.84. The van der Waals surface area contributed by atoms with Gasteiger partial charge in [-0.25, -0.2) is 0 Å². The summed E-state index contributed by atoms with van der Waals surface area (Å²) in [5.74, 6) is 0.653. The lowest BCUT2D eigenvalue weighted by atomic mass is 10.1. The second-order valence-corrected chi connectivity index (χ2v) is 5.84. The average Bonchev–Trinajstić information content (AvgIpc) is 3.15. The monoisotopic (exact) mass is 287 g/mol. The number of carbonyl (C=O) groups excluding carboxylic acids is 2. The first-order chi connectivity index (χ1) is 10.2. The Morgan fingerprint density at radius 2 is 2.00 bits per heavy atom. The quantitative estimate of drug-likeness (QED) is 0.909. The highest BCUT2D eigenvalue weighted by Crippen LogP contribution is 2.23. The molecule has 0 bridgehead atoms. The fourth-order valence-corrected chi connectivity index (χ4v) is 3.10. The van der Waals surface area contributed by atoms with Crippen molar-refractivity contribution in [3.8, 4) is 0 Å². The summed E-state index contributed by atoms with van der Waals surface area (Å²) >= 11 is 0. The Labute approximate surface area is 124 Å². The summed E-state index contributed by atoms with van der Waals surface area (Å²) < 4.78 is 0. The van der Waals surface area contributed by atoms with E-state index in [0.29, 0.717) is 24.4 Å². The number of hydrogen-bond donors (Lipinski definition) is 1. The minimum absolute atomic E-state index is 0.0604. The van der Waals surface area contributed by atoms with Gasteiger partial charge in [0.15, 0.2) is 0 Å². The van der Waals surface area contributed by atoms with E-state index in [1.165, 1.54) is 0 Å². The van der Waals surface area contributed by atoms with Crippen molar-refractivity contribution >= 4 is 17.5 Å². The third-order valence-electron chi connectivity index (χ3n) is 4.41. The molecule has 0 aromatic heterocycles. The van der Waals surface area contributed by atoms with E-state index in [4.69, 9.17) is 5.73 Å². The van der Waals surface area contributed by atoms with Gasteiger partial charge in [-0.05, 0) is 49.6 Å². The Balaban J connectivity index is 1.69. The van der Waals surface area contributed by atoms with E-state index in [0.717, 1.165) is 38.2 Å². The summed E-state index contributed by atoms with van der Waals surface area (Å²) in [6, 6.07) is 7.37. The number of rotatable bonds is 3. The van der Waals surface area contributed by atoms with E-state index < -0.39 is 0 Å². The van der Waals surface area contributed by atoms with Gasteiger partial charge >= 0.3 is 0 Å². The first kappa shape index (κ1) is 14.1. The number of nitrogens with two attached hydrogens (primary N) is 1. The Morgan fingerprint density at radius 3 is 2.57 bits per heavy atom. The number of nitrogens with zero attached hydrogens (tertiary/aromatic N) is 2. The second kappa shape index (κ2) is 5.85. The molecule has 0 spiro atoms. The van der Waals surface area contributed by atoms with Crippen molar-refractivity contribution in [2.45, 2.75) is 19.3 Å². The molecule has 2 aliphatic heterocycles. The normalized spacial score (nSPS) is 22.1. The number of anilines is 1. The summed E-state index contributed by atoms with van der Waals surface area (Å²) in [5.41, 5.74) is 7.23. The molecule has 0 aliphatic carbocycles. The van der Waals surface area contributed by atoms with Gasteiger partial charge in [-0.3, -0.25) is 9.59 Å². The molecule has 2 heterocycles. The molecule has 0 saturated carbocycles. The molecule has 21 heavy (non-hydrogen) atoms. The van der Waals surface area contributed by atoms with Gasteiger partial charge in [0.2, 0.25) is 5.91 Å². The predicted octanol–water partition coefficient (Wildman–Crippen LogP) is 1.23. The Hall–Kier alpha value is -1.88. The summed E-state index contributed by atoms with van der Waals surface area (Å²) in [6.45, 7) is 2.95. The van der Waals surface area contributed by atoms with Crippen LogP contribution in [0.5, 0.6) is 0 Å². The minimum Gasteiger partial charge on any atom is -0.338 e. The Morgan fingerprint density at radius 1 is 1.24 bits per heavy atom. The van der Waals surface area contributed by atoms with Crippen LogP contribution in [0.4, 0.5) is 5.69 Å². The lowest BCUT2D eigenvalue weighted by Gasteiger charge is -2.18. The predicted molar refractivity (Wildman–Crippen MR) is 81.1 cm³/mol. The van der Waals surface area contributed by atoms with Crippen LogP contribution in [-0.2, 0) is 4.79 Å². The largest absolute Gasteiger partial charge is 0.338 e.